The van der Waals surface area contributed by atoms with Gasteiger partial charge in [0, 0.05) is 44.7 Å². The first-order valence-corrected chi connectivity index (χ1v) is 14.4. The van der Waals surface area contributed by atoms with Crippen molar-refractivity contribution in [3.63, 3.8) is 0 Å². The van der Waals surface area contributed by atoms with Gasteiger partial charge in [0.15, 0.2) is 0 Å². The van der Waals surface area contributed by atoms with Crippen LogP contribution in [0.2, 0.25) is 0 Å². The molecule has 0 aliphatic carbocycles. The number of hydrogen-bond donors (Lipinski definition) is 1. The molecule has 7 nitrogen and oxygen atoms in total. The summed E-state index contributed by atoms with van der Waals surface area (Å²) >= 11 is 0. The minimum Gasteiger partial charge on any atom is -0.396 e. The molecule has 2 aromatic rings. The number of halogens is 3. The third-order valence-corrected chi connectivity index (χ3v) is 8.58. The first kappa shape index (κ1) is 30.5. The Balaban J connectivity index is 1.53. The molecule has 2 unspecified atom stereocenters. The lowest BCUT2D eigenvalue weighted by Crippen LogP contribution is -2.55. The third-order valence-electron chi connectivity index (χ3n) is 8.58. The summed E-state index contributed by atoms with van der Waals surface area (Å²) in [5.74, 6) is -1.38. The van der Waals surface area contributed by atoms with E-state index >= 15 is 0 Å². The van der Waals surface area contributed by atoms with Crippen molar-refractivity contribution in [2.75, 3.05) is 26.2 Å². The van der Waals surface area contributed by atoms with E-state index in [-0.39, 0.29) is 19.1 Å². The fraction of sp³-hybridized carbons (Fsp3) is 0.548. The molecule has 2 amide bonds. The molecular weight excluding hydrogens is 533 g/mol. The van der Waals surface area contributed by atoms with E-state index in [0.717, 1.165) is 29.6 Å². The molecular formula is C31H37F3N4O3. The standard InChI is InChI=1S/C31H37F3N4O3/c1-2-7-27-23(10-5-16-38(27)29(41)24-20-36-15-12-26(24)31(32,33)34)28(40)37-17-13-30(21-35,14-18-37)25-11-4-3-8-22(25)9-6-19-39/h3-4,8,11-12,15,20,23,27,39H,2,5-7,9-10,13-14,16-19H2,1H3. The largest absolute Gasteiger partial charge is 0.417 e. The van der Waals surface area contributed by atoms with Crippen LogP contribution in [-0.4, -0.2) is 64.0 Å². The Hall–Kier alpha value is -3.45. The number of aromatic nitrogens is 1. The summed E-state index contributed by atoms with van der Waals surface area (Å²) in [6.07, 6.45) is 1.70. The monoisotopic (exact) mass is 570 g/mol. The molecule has 3 heterocycles. The summed E-state index contributed by atoms with van der Waals surface area (Å²) in [5, 5.41) is 19.6. The molecule has 0 radical (unpaired) electrons. The number of benzene rings is 1. The maximum atomic E-state index is 13.9. The molecule has 10 heteroatoms. The van der Waals surface area contributed by atoms with E-state index in [4.69, 9.17) is 0 Å². The zero-order chi connectivity index (χ0) is 29.6. The number of likely N-dealkylation sites (tertiary alicyclic amines) is 2. The average Bonchev–Trinajstić information content (AvgIpc) is 2.99. The van der Waals surface area contributed by atoms with Crippen LogP contribution in [0, 0.1) is 17.2 Å². The highest BCUT2D eigenvalue weighted by atomic mass is 19.4. The zero-order valence-electron chi connectivity index (χ0n) is 23.4. The van der Waals surface area contributed by atoms with Gasteiger partial charge in [-0.2, -0.15) is 18.4 Å². The van der Waals surface area contributed by atoms with Crippen LogP contribution >= 0.6 is 0 Å². The Morgan fingerprint density at radius 3 is 2.56 bits per heavy atom. The van der Waals surface area contributed by atoms with Gasteiger partial charge in [0.1, 0.15) is 0 Å². The first-order valence-electron chi connectivity index (χ1n) is 14.4. The second kappa shape index (κ2) is 13.0. The van der Waals surface area contributed by atoms with E-state index in [0.29, 0.717) is 64.5 Å². The van der Waals surface area contributed by atoms with Gasteiger partial charge in [-0.1, -0.05) is 37.6 Å². The van der Waals surface area contributed by atoms with Gasteiger partial charge in [-0.05, 0) is 62.1 Å². The molecule has 0 bridgehead atoms. The first-order chi connectivity index (χ1) is 19.7. The summed E-state index contributed by atoms with van der Waals surface area (Å²) in [6.45, 7) is 3.03. The van der Waals surface area contributed by atoms with Crippen LogP contribution in [0.25, 0.3) is 0 Å². The number of aliphatic hydroxyl groups excluding tert-OH is 1. The molecule has 2 fully saturated rings. The van der Waals surface area contributed by atoms with Gasteiger partial charge >= 0.3 is 6.18 Å². The molecule has 41 heavy (non-hydrogen) atoms. The SMILES string of the molecule is CCCC1C(C(=O)N2CCC(C#N)(c3ccccc3CCCO)CC2)CCCN1C(=O)c1cnccc1C(F)(F)F. The van der Waals surface area contributed by atoms with Gasteiger partial charge in [-0.3, -0.25) is 14.6 Å². The molecule has 1 N–H and O–H groups in total. The van der Waals surface area contributed by atoms with Gasteiger partial charge < -0.3 is 14.9 Å². The summed E-state index contributed by atoms with van der Waals surface area (Å²) in [6, 6.07) is 10.6. The number of amides is 2. The molecule has 1 aromatic heterocycles. The van der Waals surface area contributed by atoms with Crippen LogP contribution in [0.4, 0.5) is 13.2 Å². The van der Waals surface area contributed by atoms with Crippen molar-refractivity contribution in [1.82, 2.24) is 14.8 Å². The maximum Gasteiger partial charge on any atom is 0.417 e. The number of nitriles is 1. The topological polar surface area (TPSA) is 97.5 Å². The van der Waals surface area contributed by atoms with Crippen LogP contribution < -0.4 is 0 Å². The van der Waals surface area contributed by atoms with Crippen molar-refractivity contribution in [2.45, 2.75) is 75.9 Å². The second-order valence-electron chi connectivity index (χ2n) is 11.0. The van der Waals surface area contributed by atoms with E-state index in [1.54, 1.807) is 4.90 Å². The molecule has 2 aliphatic heterocycles. The molecule has 1 aromatic carbocycles. The Morgan fingerprint density at radius 2 is 1.90 bits per heavy atom. The average molecular weight is 571 g/mol. The van der Waals surface area contributed by atoms with E-state index < -0.39 is 40.6 Å². The predicted octanol–water partition coefficient (Wildman–Crippen LogP) is 5.13. The number of aliphatic hydroxyl groups is 1. The number of rotatable bonds is 8. The van der Waals surface area contributed by atoms with Gasteiger partial charge in [0.2, 0.25) is 5.91 Å². The highest BCUT2D eigenvalue weighted by Gasteiger charge is 2.45. The van der Waals surface area contributed by atoms with Crippen molar-refractivity contribution in [2.24, 2.45) is 5.92 Å². The number of nitrogens with zero attached hydrogens (tertiary/aromatic N) is 4. The summed E-state index contributed by atoms with van der Waals surface area (Å²) < 4.78 is 41.0. The molecule has 0 spiro atoms. The van der Waals surface area contributed by atoms with E-state index in [9.17, 15) is 33.1 Å². The number of hydrogen-bond acceptors (Lipinski definition) is 5. The lowest BCUT2D eigenvalue weighted by Gasteiger charge is -2.45. The van der Waals surface area contributed by atoms with Crippen LogP contribution in [0.1, 0.15) is 78.9 Å². The highest BCUT2D eigenvalue weighted by Crippen LogP contribution is 2.39. The minimum atomic E-state index is -4.70. The molecule has 2 aliphatic rings. The Labute approximate surface area is 239 Å². The van der Waals surface area contributed by atoms with E-state index in [2.05, 4.69) is 11.1 Å². The number of piperidine rings is 2. The van der Waals surface area contributed by atoms with Crippen LogP contribution in [0.5, 0.6) is 0 Å². The van der Waals surface area contributed by atoms with Crippen molar-refractivity contribution in [1.29, 1.82) is 5.26 Å². The summed E-state index contributed by atoms with van der Waals surface area (Å²) in [5.41, 5.74) is -0.288. The van der Waals surface area contributed by atoms with Crippen LogP contribution in [0.3, 0.4) is 0 Å². The number of alkyl halides is 3. The van der Waals surface area contributed by atoms with E-state index in [1.165, 1.54) is 4.90 Å². The predicted molar refractivity (Wildman–Crippen MR) is 147 cm³/mol. The number of aryl methyl sites for hydroxylation is 1. The molecule has 4 rings (SSSR count). The molecule has 2 atom stereocenters. The van der Waals surface area contributed by atoms with Crippen LogP contribution in [0.15, 0.2) is 42.7 Å². The Kier molecular flexibility index (Phi) is 9.69. The van der Waals surface area contributed by atoms with Gasteiger partial charge in [-0.25, -0.2) is 0 Å². The quantitative estimate of drug-likeness (QED) is 0.475. The molecule has 2 saturated heterocycles. The third kappa shape index (κ3) is 6.40. The summed E-state index contributed by atoms with van der Waals surface area (Å²) in [7, 11) is 0. The summed E-state index contributed by atoms with van der Waals surface area (Å²) in [4.78, 5) is 34.4. The maximum absolute atomic E-state index is 13.9. The number of pyridine rings is 1. The van der Waals surface area contributed by atoms with Gasteiger partial charge in [-0.15, -0.1) is 0 Å². The van der Waals surface area contributed by atoms with Crippen LogP contribution in [-0.2, 0) is 22.8 Å². The fourth-order valence-corrected chi connectivity index (χ4v) is 6.48. The number of carbonyl (C=O) groups excluding carboxylic acids is 2. The normalized spacial score (nSPS) is 20.9. The Morgan fingerprint density at radius 1 is 1.17 bits per heavy atom. The van der Waals surface area contributed by atoms with Crippen molar-refractivity contribution in [3.05, 3.63) is 65.0 Å². The van der Waals surface area contributed by atoms with Gasteiger partial charge in [0.05, 0.1) is 28.5 Å². The van der Waals surface area contributed by atoms with Crippen molar-refractivity contribution in [3.8, 4) is 6.07 Å². The minimum absolute atomic E-state index is 0.0638. The van der Waals surface area contributed by atoms with Crippen molar-refractivity contribution < 1.29 is 27.9 Å². The molecule has 0 saturated carbocycles. The zero-order valence-corrected chi connectivity index (χ0v) is 23.4. The fourth-order valence-electron chi connectivity index (χ4n) is 6.48. The lowest BCUT2D eigenvalue weighted by molar-refractivity contribution is -0.141. The second-order valence-corrected chi connectivity index (χ2v) is 11.0. The van der Waals surface area contributed by atoms with E-state index in [1.807, 2.05) is 31.2 Å². The number of carbonyl (C=O) groups is 2. The van der Waals surface area contributed by atoms with Gasteiger partial charge in [0.25, 0.3) is 5.91 Å². The van der Waals surface area contributed by atoms with Crippen molar-refractivity contribution >= 4 is 11.8 Å². The highest BCUT2D eigenvalue weighted by molar-refractivity contribution is 5.96. The molecule has 220 valence electrons. The smallest absolute Gasteiger partial charge is 0.396 e. The Bertz CT molecular complexity index is 1270. The lowest BCUT2D eigenvalue weighted by atomic mass is 9.71.